The van der Waals surface area contributed by atoms with Gasteiger partial charge in [0, 0.05) is 6.08 Å². The van der Waals surface area contributed by atoms with Crippen molar-refractivity contribution in [2.75, 3.05) is 0 Å². The molecule has 4 rings (SSSR count). The average molecular weight is 548 g/mol. The second kappa shape index (κ2) is 13.3. The van der Waals surface area contributed by atoms with Gasteiger partial charge in [-0.15, -0.1) is 0 Å². The molecule has 5 N–H and O–H groups in total. The van der Waals surface area contributed by atoms with E-state index in [2.05, 4.69) is 5.32 Å². The maximum absolute atomic E-state index is 14.5. The molecule has 7 nitrogen and oxygen atoms in total. The van der Waals surface area contributed by atoms with E-state index >= 15 is 0 Å². The van der Waals surface area contributed by atoms with Crippen molar-refractivity contribution >= 4 is 25.4 Å². The van der Waals surface area contributed by atoms with Crippen LogP contribution in [-0.4, -0.2) is 11.7 Å². The molecule has 0 radical (unpaired) electrons. The predicted molar refractivity (Wildman–Crippen MR) is 145 cm³/mol. The summed E-state index contributed by atoms with van der Waals surface area (Å²) in [4.78, 5) is 13.1. The maximum Gasteiger partial charge on any atom is 0.457 e. The Morgan fingerprint density at radius 1 is 0.789 bits per heavy atom. The summed E-state index contributed by atoms with van der Waals surface area (Å²) in [6, 6.07) is 33.4. The third-order valence-corrected chi connectivity index (χ3v) is 7.32. The van der Waals surface area contributed by atoms with E-state index in [-0.39, 0.29) is 18.2 Å². The Bertz CT molecular complexity index is 1370. The fourth-order valence-electron chi connectivity index (χ4n) is 3.50. The number of rotatable bonds is 10. The lowest BCUT2D eigenvalue weighted by atomic mass is 10.1. The van der Waals surface area contributed by atoms with Gasteiger partial charge in [-0.1, -0.05) is 78.9 Å². The molecule has 0 heterocycles. The summed E-state index contributed by atoms with van der Waals surface area (Å²) in [5.74, 6) is -0.832. The summed E-state index contributed by atoms with van der Waals surface area (Å²) in [6.07, 6.45) is 3.04. The van der Waals surface area contributed by atoms with Gasteiger partial charge >= 0.3 is 7.60 Å². The topological polar surface area (TPSA) is 116 Å². The largest absolute Gasteiger partial charge is 1.00 e. The van der Waals surface area contributed by atoms with Gasteiger partial charge in [0.1, 0.15) is 11.5 Å². The molecular formula is C29H27ClN3O4P. The van der Waals surface area contributed by atoms with Crippen LogP contribution in [0.4, 0.5) is 0 Å². The molecule has 4 aromatic rings. The molecule has 0 aliphatic heterocycles. The molecule has 194 valence electrons. The Balaban J connectivity index is 0.00000400. The van der Waals surface area contributed by atoms with Crippen LogP contribution in [0.5, 0.6) is 11.5 Å². The average Bonchev–Trinajstić information content (AvgIpc) is 2.92. The van der Waals surface area contributed by atoms with Crippen molar-refractivity contribution in [3.8, 4) is 11.5 Å². The smallest absolute Gasteiger partial charge is 0.457 e. The van der Waals surface area contributed by atoms with Gasteiger partial charge in [-0.3, -0.25) is 15.9 Å². The van der Waals surface area contributed by atoms with Gasteiger partial charge in [0.05, 0.1) is 5.56 Å². The summed E-state index contributed by atoms with van der Waals surface area (Å²) in [6.45, 7) is 0. The molecule has 0 bridgehead atoms. The highest BCUT2D eigenvalue weighted by atomic mass is 35.5. The highest BCUT2D eigenvalue weighted by Gasteiger charge is 2.42. The number of para-hydroxylation sites is 2. The minimum Gasteiger partial charge on any atom is -1.00 e. The fraction of sp³-hybridized carbons (Fsp3) is 0.0345. The number of nitrogens with one attached hydrogen (secondary N) is 1. The zero-order valence-electron chi connectivity index (χ0n) is 20.3. The molecule has 0 aliphatic rings. The van der Waals surface area contributed by atoms with Crippen LogP contribution in [0.15, 0.2) is 121 Å². The Morgan fingerprint density at radius 2 is 1.26 bits per heavy atom. The number of halogens is 1. The molecule has 0 spiro atoms. The normalized spacial score (nSPS) is 11.7. The Hall–Kier alpha value is -4.32. The number of nitrogens with two attached hydrogens (primary N) is 2. The van der Waals surface area contributed by atoms with E-state index in [9.17, 15) is 9.36 Å². The molecule has 4 aromatic carbocycles. The first-order chi connectivity index (χ1) is 17.9. The highest BCUT2D eigenvalue weighted by Crippen LogP contribution is 2.59. The van der Waals surface area contributed by atoms with Crippen molar-refractivity contribution in [2.45, 2.75) is 5.78 Å². The molecule has 0 aromatic heterocycles. The molecule has 0 aliphatic carbocycles. The molecular weight excluding hydrogens is 521 g/mol. The van der Waals surface area contributed by atoms with Crippen LogP contribution in [0.1, 0.15) is 22.5 Å². The monoisotopic (exact) mass is 547 g/mol. The molecule has 0 saturated heterocycles. The summed E-state index contributed by atoms with van der Waals surface area (Å²) in [5.41, 5.74) is 7.65. The number of hydrogen-bond acceptors (Lipinski definition) is 4. The fourth-order valence-corrected chi connectivity index (χ4v) is 5.40. The minimum absolute atomic E-state index is 0. The molecule has 0 fully saturated rings. The second-order valence-electron chi connectivity index (χ2n) is 8.08. The highest BCUT2D eigenvalue weighted by molar-refractivity contribution is 7.55. The maximum atomic E-state index is 14.5. The first-order valence-corrected chi connectivity index (χ1v) is 13.1. The predicted octanol–water partition coefficient (Wildman–Crippen LogP) is 1.33. The van der Waals surface area contributed by atoms with Gasteiger partial charge in [0.2, 0.25) is 5.91 Å². The van der Waals surface area contributed by atoms with Crippen LogP contribution in [0, 0.1) is 0 Å². The number of hydrogen-bond donors (Lipinski definition) is 3. The van der Waals surface area contributed by atoms with E-state index in [0.29, 0.717) is 22.6 Å². The SMILES string of the molecule is NC(=[NH2+])c1ccc(C(NC(=O)/C=C/c2ccccc2)P(=O)(Oc2ccccc2)Oc2ccccc2)cc1.[Cl-]. The molecule has 1 amide bonds. The lowest BCUT2D eigenvalue weighted by molar-refractivity contribution is -0.117. The summed E-state index contributed by atoms with van der Waals surface area (Å²) >= 11 is 0. The summed E-state index contributed by atoms with van der Waals surface area (Å²) in [7, 11) is -4.12. The van der Waals surface area contributed by atoms with Crippen molar-refractivity contribution in [3.05, 3.63) is 138 Å². The third kappa shape index (κ3) is 7.59. The molecule has 1 atom stereocenters. The van der Waals surface area contributed by atoms with E-state index < -0.39 is 19.3 Å². The van der Waals surface area contributed by atoms with Crippen LogP contribution in [0.25, 0.3) is 6.08 Å². The Labute approximate surface area is 227 Å². The lowest BCUT2D eigenvalue weighted by Gasteiger charge is -2.28. The van der Waals surface area contributed by atoms with Crippen LogP contribution in [0.3, 0.4) is 0 Å². The van der Waals surface area contributed by atoms with Gasteiger partial charge in [-0.25, -0.2) is 4.57 Å². The summed E-state index contributed by atoms with van der Waals surface area (Å²) in [5, 5.41) is 8.54. The van der Waals surface area contributed by atoms with Crippen molar-refractivity contribution < 1.29 is 36.2 Å². The van der Waals surface area contributed by atoms with Crippen LogP contribution in [-0.2, 0) is 9.36 Å². The first kappa shape index (κ1) is 28.3. The van der Waals surface area contributed by atoms with Crippen molar-refractivity contribution in [2.24, 2.45) is 5.73 Å². The zero-order chi connectivity index (χ0) is 26.1. The first-order valence-electron chi connectivity index (χ1n) is 11.5. The van der Waals surface area contributed by atoms with Crippen molar-refractivity contribution in [3.63, 3.8) is 0 Å². The van der Waals surface area contributed by atoms with E-state index in [4.69, 9.17) is 20.2 Å². The number of carbonyl (C=O) groups excluding carboxylic acids is 1. The Kier molecular flexibility index (Phi) is 9.88. The second-order valence-corrected chi connectivity index (χ2v) is 10.0. The number of amidine groups is 1. The quantitative estimate of drug-likeness (QED) is 0.120. The standard InChI is InChI=1S/C29H26N3O4P.ClH/c30-28(31)23-17-19-24(20-18-23)29(32-27(33)21-16-22-10-4-1-5-11-22)37(34,35-25-12-6-2-7-13-25)36-26-14-8-3-9-15-26;/h1-21,29H,(H3,30,31)(H,32,33);1H/b21-16+;. The Morgan fingerprint density at radius 3 is 1.74 bits per heavy atom. The van der Waals surface area contributed by atoms with E-state index in [1.54, 1.807) is 78.9 Å². The molecule has 0 saturated carbocycles. The number of carbonyl (C=O) groups is 1. The number of amides is 1. The van der Waals surface area contributed by atoms with E-state index in [0.717, 1.165) is 5.56 Å². The van der Waals surface area contributed by atoms with Gasteiger partial charge in [0.25, 0.3) is 5.84 Å². The number of benzene rings is 4. The van der Waals surface area contributed by atoms with Crippen LogP contribution < -0.4 is 37.9 Å². The van der Waals surface area contributed by atoms with Crippen LogP contribution in [0.2, 0.25) is 0 Å². The van der Waals surface area contributed by atoms with Crippen LogP contribution >= 0.6 is 7.60 Å². The van der Waals surface area contributed by atoms with Gasteiger partial charge in [-0.05, 0) is 53.6 Å². The third-order valence-electron chi connectivity index (χ3n) is 5.33. The minimum atomic E-state index is -4.12. The van der Waals surface area contributed by atoms with Gasteiger partial charge < -0.3 is 26.8 Å². The van der Waals surface area contributed by atoms with Gasteiger partial charge in [-0.2, -0.15) is 0 Å². The lowest BCUT2D eigenvalue weighted by Crippen LogP contribution is -3.00. The summed E-state index contributed by atoms with van der Waals surface area (Å²) < 4.78 is 26.6. The molecule has 1 unspecified atom stereocenters. The van der Waals surface area contributed by atoms with Gasteiger partial charge in [0.15, 0.2) is 5.78 Å². The zero-order valence-corrected chi connectivity index (χ0v) is 22.0. The van der Waals surface area contributed by atoms with Crippen molar-refractivity contribution in [1.29, 1.82) is 0 Å². The van der Waals surface area contributed by atoms with E-state index in [1.165, 1.54) is 6.08 Å². The van der Waals surface area contributed by atoms with Crippen molar-refractivity contribution in [1.82, 2.24) is 5.32 Å². The molecule has 38 heavy (non-hydrogen) atoms. The molecule has 9 heteroatoms. The van der Waals surface area contributed by atoms with E-state index in [1.807, 2.05) is 42.5 Å².